The van der Waals surface area contributed by atoms with Crippen LogP contribution in [-0.2, 0) is 22.7 Å². The lowest BCUT2D eigenvalue weighted by Gasteiger charge is -2.31. The second kappa shape index (κ2) is 11.6. The molecule has 5 nitrogen and oxygen atoms in total. The molecule has 0 saturated carbocycles. The molecule has 1 heterocycles. The van der Waals surface area contributed by atoms with Crippen molar-refractivity contribution >= 4 is 11.8 Å². The topological polar surface area (TPSA) is 45.6 Å². The van der Waals surface area contributed by atoms with Crippen LogP contribution in [0.3, 0.4) is 0 Å². The Balaban J connectivity index is 2.12. The molecule has 0 N–H and O–H groups in total. The SMILES string of the molecule is CCCCN(CC(=O)N(Cc1cccn1Cc1ccccc1)C(C)C)C(=O)C(C)C. The van der Waals surface area contributed by atoms with E-state index in [9.17, 15) is 9.59 Å². The maximum absolute atomic E-state index is 13.2. The summed E-state index contributed by atoms with van der Waals surface area (Å²) in [7, 11) is 0. The Labute approximate surface area is 181 Å². The Kier molecular flexibility index (Phi) is 9.15. The average Bonchev–Trinajstić information content (AvgIpc) is 3.15. The predicted octanol–water partition coefficient (Wildman–Crippen LogP) is 4.56. The van der Waals surface area contributed by atoms with Crippen molar-refractivity contribution in [1.82, 2.24) is 14.4 Å². The summed E-state index contributed by atoms with van der Waals surface area (Å²) in [6.07, 6.45) is 3.96. The Hall–Kier alpha value is -2.56. The van der Waals surface area contributed by atoms with Gasteiger partial charge in [0.1, 0.15) is 0 Å². The highest BCUT2D eigenvalue weighted by molar-refractivity contribution is 5.85. The molecule has 0 atom stereocenters. The molecule has 2 rings (SSSR count). The van der Waals surface area contributed by atoms with Crippen molar-refractivity contribution < 1.29 is 9.59 Å². The fourth-order valence-electron chi connectivity index (χ4n) is 3.50. The largest absolute Gasteiger partial charge is 0.345 e. The van der Waals surface area contributed by atoms with Crippen LogP contribution in [0.2, 0.25) is 0 Å². The zero-order valence-corrected chi connectivity index (χ0v) is 19.2. The molecule has 0 unspecified atom stereocenters. The number of hydrogen-bond acceptors (Lipinski definition) is 2. The lowest BCUT2D eigenvalue weighted by atomic mass is 10.1. The molecule has 0 saturated heterocycles. The molecule has 0 aliphatic carbocycles. The van der Waals surface area contributed by atoms with E-state index in [1.54, 1.807) is 4.90 Å². The van der Waals surface area contributed by atoms with Gasteiger partial charge in [0.2, 0.25) is 11.8 Å². The first-order valence-electron chi connectivity index (χ1n) is 11.1. The van der Waals surface area contributed by atoms with Crippen LogP contribution in [-0.4, -0.2) is 45.3 Å². The first-order chi connectivity index (χ1) is 14.3. The molecule has 1 aromatic heterocycles. The zero-order chi connectivity index (χ0) is 22.1. The highest BCUT2D eigenvalue weighted by Crippen LogP contribution is 2.14. The van der Waals surface area contributed by atoms with Gasteiger partial charge in [-0.15, -0.1) is 0 Å². The van der Waals surface area contributed by atoms with Crippen molar-refractivity contribution in [3.8, 4) is 0 Å². The van der Waals surface area contributed by atoms with Gasteiger partial charge in [-0.3, -0.25) is 9.59 Å². The predicted molar refractivity (Wildman–Crippen MR) is 122 cm³/mol. The first-order valence-corrected chi connectivity index (χ1v) is 11.1. The number of rotatable bonds is 11. The molecular weight excluding hydrogens is 374 g/mol. The standard InChI is InChI=1S/C25H37N3O2/c1-6-7-15-27(25(30)20(2)3)19-24(29)28(21(4)5)18-23-14-11-16-26(23)17-22-12-9-8-10-13-22/h8-14,16,20-21H,6-7,15,17-19H2,1-5H3. The first kappa shape index (κ1) is 23.7. The fourth-order valence-corrected chi connectivity index (χ4v) is 3.50. The van der Waals surface area contributed by atoms with Crippen LogP contribution < -0.4 is 0 Å². The molecule has 0 aliphatic heterocycles. The summed E-state index contributed by atoms with van der Waals surface area (Å²) >= 11 is 0. The number of amides is 2. The lowest BCUT2D eigenvalue weighted by Crippen LogP contribution is -2.46. The number of unbranched alkanes of at least 4 members (excludes halogenated alkanes) is 1. The molecule has 0 radical (unpaired) electrons. The number of carbonyl (C=O) groups excluding carboxylic acids is 2. The lowest BCUT2D eigenvalue weighted by molar-refractivity contribution is -0.143. The molecule has 2 aromatic rings. The molecule has 5 heteroatoms. The maximum atomic E-state index is 13.2. The number of aromatic nitrogens is 1. The van der Waals surface area contributed by atoms with E-state index in [4.69, 9.17) is 0 Å². The highest BCUT2D eigenvalue weighted by Gasteiger charge is 2.24. The van der Waals surface area contributed by atoms with Crippen LogP contribution in [0, 0.1) is 5.92 Å². The van der Waals surface area contributed by atoms with Crippen LogP contribution in [0.1, 0.15) is 58.7 Å². The van der Waals surface area contributed by atoms with Crippen LogP contribution in [0.5, 0.6) is 0 Å². The van der Waals surface area contributed by atoms with Gasteiger partial charge in [-0.1, -0.05) is 57.5 Å². The number of benzene rings is 1. The monoisotopic (exact) mass is 411 g/mol. The van der Waals surface area contributed by atoms with Gasteiger partial charge in [-0.25, -0.2) is 0 Å². The van der Waals surface area contributed by atoms with Crippen LogP contribution in [0.15, 0.2) is 48.7 Å². The van der Waals surface area contributed by atoms with Gasteiger partial charge in [-0.2, -0.15) is 0 Å². The number of nitrogens with zero attached hydrogens (tertiary/aromatic N) is 3. The van der Waals surface area contributed by atoms with Crippen LogP contribution >= 0.6 is 0 Å². The van der Waals surface area contributed by atoms with Gasteiger partial charge in [-0.05, 0) is 38.0 Å². The van der Waals surface area contributed by atoms with Crippen molar-refractivity contribution in [1.29, 1.82) is 0 Å². The van der Waals surface area contributed by atoms with E-state index in [0.29, 0.717) is 13.1 Å². The van der Waals surface area contributed by atoms with Gasteiger partial charge in [0.25, 0.3) is 0 Å². The second-order valence-corrected chi connectivity index (χ2v) is 8.50. The summed E-state index contributed by atoms with van der Waals surface area (Å²) in [6, 6.07) is 14.5. The minimum Gasteiger partial charge on any atom is -0.345 e. The van der Waals surface area contributed by atoms with E-state index < -0.39 is 0 Å². The third kappa shape index (κ3) is 6.75. The molecule has 30 heavy (non-hydrogen) atoms. The summed E-state index contributed by atoms with van der Waals surface area (Å²) in [5.74, 6) is -0.0548. The van der Waals surface area contributed by atoms with Crippen molar-refractivity contribution in [2.75, 3.05) is 13.1 Å². The molecule has 2 amide bonds. The van der Waals surface area contributed by atoms with E-state index in [-0.39, 0.29) is 30.3 Å². The van der Waals surface area contributed by atoms with Crippen molar-refractivity contribution in [2.24, 2.45) is 5.92 Å². The van der Waals surface area contributed by atoms with Gasteiger partial charge in [0.05, 0.1) is 13.1 Å². The van der Waals surface area contributed by atoms with Gasteiger partial charge in [0.15, 0.2) is 0 Å². The minimum absolute atomic E-state index is 0.00237. The third-order valence-electron chi connectivity index (χ3n) is 5.31. The quantitative estimate of drug-likeness (QED) is 0.544. The molecule has 0 fully saturated rings. The summed E-state index contributed by atoms with van der Waals surface area (Å²) < 4.78 is 2.19. The van der Waals surface area contributed by atoms with E-state index in [2.05, 4.69) is 35.9 Å². The summed E-state index contributed by atoms with van der Waals surface area (Å²) in [4.78, 5) is 29.4. The van der Waals surface area contributed by atoms with Crippen molar-refractivity contribution in [3.05, 3.63) is 59.9 Å². The van der Waals surface area contributed by atoms with E-state index in [1.165, 1.54) is 5.56 Å². The fraction of sp³-hybridized carbons (Fsp3) is 0.520. The summed E-state index contributed by atoms with van der Waals surface area (Å²) in [5, 5.41) is 0. The number of hydrogen-bond donors (Lipinski definition) is 0. The zero-order valence-electron chi connectivity index (χ0n) is 19.2. The van der Waals surface area contributed by atoms with E-state index >= 15 is 0 Å². The van der Waals surface area contributed by atoms with Crippen molar-refractivity contribution in [2.45, 2.75) is 66.6 Å². The van der Waals surface area contributed by atoms with Crippen LogP contribution in [0.4, 0.5) is 0 Å². The van der Waals surface area contributed by atoms with Gasteiger partial charge in [0, 0.05) is 36.9 Å². The minimum atomic E-state index is -0.106. The normalized spacial score (nSPS) is 11.2. The summed E-state index contributed by atoms with van der Waals surface area (Å²) in [5.41, 5.74) is 2.32. The van der Waals surface area contributed by atoms with E-state index in [1.807, 2.05) is 56.9 Å². The molecule has 0 bridgehead atoms. The molecule has 0 spiro atoms. The van der Waals surface area contributed by atoms with E-state index in [0.717, 1.165) is 25.1 Å². The molecule has 1 aromatic carbocycles. The Morgan fingerprint density at radius 3 is 2.30 bits per heavy atom. The highest BCUT2D eigenvalue weighted by atomic mass is 16.2. The Morgan fingerprint density at radius 2 is 1.70 bits per heavy atom. The smallest absolute Gasteiger partial charge is 0.242 e. The Bertz CT molecular complexity index is 796. The Morgan fingerprint density at radius 1 is 1.00 bits per heavy atom. The number of carbonyl (C=O) groups is 2. The van der Waals surface area contributed by atoms with Crippen LogP contribution in [0.25, 0.3) is 0 Å². The molecular formula is C25H37N3O2. The molecule has 0 aliphatic rings. The maximum Gasteiger partial charge on any atom is 0.242 e. The average molecular weight is 412 g/mol. The second-order valence-electron chi connectivity index (χ2n) is 8.50. The van der Waals surface area contributed by atoms with Gasteiger partial charge >= 0.3 is 0 Å². The third-order valence-corrected chi connectivity index (χ3v) is 5.31. The van der Waals surface area contributed by atoms with Crippen molar-refractivity contribution in [3.63, 3.8) is 0 Å². The summed E-state index contributed by atoms with van der Waals surface area (Å²) in [6.45, 7) is 12.0. The van der Waals surface area contributed by atoms with Gasteiger partial charge < -0.3 is 14.4 Å². The molecule has 164 valence electrons.